The van der Waals surface area contributed by atoms with Crippen molar-refractivity contribution >= 4 is 34.1 Å². The first kappa shape index (κ1) is 25.7. The molecule has 3 N–H and O–H groups in total. The van der Waals surface area contributed by atoms with E-state index in [0.717, 1.165) is 0 Å². The highest BCUT2D eigenvalue weighted by Crippen LogP contribution is 2.48. The number of aliphatic hydroxyl groups is 1. The monoisotopic (exact) mass is 509 g/mol. The standard InChI is InChI=1S/C22H39N5O5Si2/c1-12(2)33(13(3)4)29-9-16-19(31-34(32-33,14(5)6)15(7)8)18(28)22(30-16)27-11-26-17-20(23)24-10-25-21(17)27/h10-16,18-19,22,28H,9H2,1-8H3,(H2,23,24,25)/t16-,18+,19-,22+/m0/s1. The molecule has 0 radical (unpaired) electrons. The quantitative estimate of drug-likeness (QED) is 0.581. The highest BCUT2D eigenvalue weighted by Gasteiger charge is 2.61. The fraction of sp³-hybridized carbons (Fsp3) is 0.773. The number of nitrogen functional groups attached to an aromatic ring is 1. The molecule has 4 atom stereocenters. The van der Waals surface area contributed by atoms with E-state index in [9.17, 15) is 5.11 Å². The summed E-state index contributed by atoms with van der Waals surface area (Å²) in [5.41, 5.74) is 7.73. The van der Waals surface area contributed by atoms with Gasteiger partial charge in [0.25, 0.3) is 0 Å². The Morgan fingerprint density at radius 1 is 0.971 bits per heavy atom. The van der Waals surface area contributed by atoms with Crippen molar-refractivity contribution in [3.05, 3.63) is 12.7 Å². The average Bonchev–Trinajstić information content (AvgIpc) is 3.29. The van der Waals surface area contributed by atoms with Crippen LogP contribution in [0.2, 0.25) is 22.2 Å². The van der Waals surface area contributed by atoms with Crippen molar-refractivity contribution in [3.63, 3.8) is 0 Å². The van der Waals surface area contributed by atoms with E-state index < -0.39 is 41.7 Å². The predicted octanol–water partition coefficient (Wildman–Crippen LogP) is 3.62. The van der Waals surface area contributed by atoms with Crippen molar-refractivity contribution in [2.75, 3.05) is 12.3 Å². The number of aromatic nitrogens is 4. The highest BCUT2D eigenvalue weighted by molar-refractivity contribution is 6.83. The summed E-state index contributed by atoms with van der Waals surface area (Å²) in [4.78, 5) is 12.7. The van der Waals surface area contributed by atoms with Gasteiger partial charge in [0, 0.05) is 0 Å². The molecule has 34 heavy (non-hydrogen) atoms. The van der Waals surface area contributed by atoms with Gasteiger partial charge in [0.1, 0.15) is 30.2 Å². The molecule has 2 aromatic heterocycles. The lowest BCUT2D eigenvalue weighted by Gasteiger charge is -2.51. The second kappa shape index (κ2) is 9.23. The van der Waals surface area contributed by atoms with Crippen LogP contribution in [0.4, 0.5) is 5.82 Å². The number of hydrogen-bond donors (Lipinski definition) is 2. The number of rotatable bonds is 5. The Kier molecular flexibility index (Phi) is 6.97. The summed E-state index contributed by atoms with van der Waals surface area (Å²) in [6, 6.07) is 0. The average molecular weight is 510 g/mol. The van der Waals surface area contributed by atoms with Crippen molar-refractivity contribution in [3.8, 4) is 0 Å². The number of ether oxygens (including phenoxy) is 1. The number of hydrogen-bond acceptors (Lipinski definition) is 9. The summed E-state index contributed by atoms with van der Waals surface area (Å²) < 4.78 is 29.0. The zero-order valence-electron chi connectivity index (χ0n) is 21.4. The maximum absolute atomic E-state index is 11.5. The van der Waals surface area contributed by atoms with E-state index in [-0.39, 0.29) is 28.0 Å². The SMILES string of the molecule is CC(C)[Si]1(C(C)C)OC[C@@H]2O[C@@H](n3cnc4c(N)ncnc43)[C@H](O)[C@H]2O[Si](C(C)C)(C(C)C)O1. The number of imidazole rings is 1. The van der Waals surface area contributed by atoms with E-state index in [2.05, 4.69) is 70.3 Å². The molecule has 0 aliphatic carbocycles. The molecule has 2 aromatic rings. The smallest absolute Gasteiger partial charge is 0.335 e. The molecule has 2 aliphatic heterocycles. The minimum atomic E-state index is -2.86. The third-order valence-electron chi connectivity index (χ3n) is 7.30. The van der Waals surface area contributed by atoms with Crippen LogP contribution in [-0.4, -0.2) is 66.7 Å². The number of nitrogens with zero attached hydrogens (tertiary/aromatic N) is 4. The first-order valence-electron chi connectivity index (χ1n) is 12.2. The third kappa shape index (κ3) is 3.92. The summed E-state index contributed by atoms with van der Waals surface area (Å²) in [5, 5.41) is 11.5. The Labute approximate surface area is 203 Å². The minimum absolute atomic E-state index is 0.159. The molecule has 190 valence electrons. The zero-order chi connectivity index (χ0) is 25.0. The van der Waals surface area contributed by atoms with Crippen LogP contribution in [0, 0.1) is 0 Å². The lowest BCUT2D eigenvalue weighted by molar-refractivity contribution is -0.0570. The van der Waals surface area contributed by atoms with Gasteiger partial charge in [0.05, 0.1) is 12.9 Å². The van der Waals surface area contributed by atoms with Crippen molar-refractivity contribution in [2.24, 2.45) is 0 Å². The first-order valence-corrected chi connectivity index (χ1v) is 16.2. The summed E-state index contributed by atoms with van der Waals surface area (Å²) in [5.74, 6) is 0.283. The van der Waals surface area contributed by atoms with E-state index in [1.165, 1.54) is 6.33 Å². The largest absolute Gasteiger partial charge is 0.414 e. The number of fused-ring (bicyclic) bond motifs is 2. The Morgan fingerprint density at radius 3 is 2.18 bits per heavy atom. The lowest BCUT2D eigenvalue weighted by atomic mass is 10.1. The second-order valence-electron chi connectivity index (χ2n) is 10.7. The van der Waals surface area contributed by atoms with Gasteiger partial charge in [0.15, 0.2) is 17.7 Å². The molecule has 10 nitrogen and oxygen atoms in total. The third-order valence-corrected chi connectivity index (χ3v) is 17.6. The van der Waals surface area contributed by atoms with Gasteiger partial charge in [-0.05, 0) is 22.2 Å². The lowest BCUT2D eigenvalue weighted by Crippen LogP contribution is -2.65. The van der Waals surface area contributed by atoms with Crippen LogP contribution < -0.4 is 5.73 Å². The molecule has 2 fully saturated rings. The van der Waals surface area contributed by atoms with Gasteiger partial charge >= 0.3 is 17.1 Å². The van der Waals surface area contributed by atoms with Crippen LogP contribution in [0.3, 0.4) is 0 Å². The molecule has 12 heteroatoms. The Balaban J connectivity index is 1.77. The Hall–Kier alpha value is -1.42. The van der Waals surface area contributed by atoms with Crippen LogP contribution >= 0.6 is 0 Å². The van der Waals surface area contributed by atoms with Gasteiger partial charge in [-0.2, -0.15) is 0 Å². The Bertz CT molecular complexity index is 1000. The topological polar surface area (TPSA) is 127 Å². The molecule has 2 saturated heterocycles. The minimum Gasteiger partial charge on any atom is -0.414 e. The van der Waals surface area contributed by atoms with Gasteiger partial charge in [-0.15, -0.1) is 0 Å². The normalized spacial score (nSPS) is 29.2. The van der Waals surface area contributed by atoms with E-state index in [4.69, 9.17) is 23.4 Å². The summed E-state index contributed by atoms with van der Waals surface area (Å²) in [6.45, 7) is 17.7. The van der Waals surface area contributed by atoms with E-state index in [1.807, 2.05) is 0 Å². The maximum Gasteiger partial charge on any atom is 0.335 e. The maximum atomic E-state index is 11.5. The van der Waals surface area contributed by atoms with Crippen LogP contribution in [0.5, 0.6) is 0 Å². The van der Waals surface area contributed by atoms with Gasteiger partial charge in [-0.1, -0.05) is 55.4 Å². The molecular weight excluding hydrogens is 470 g/mol. The Morgan fingerprint density at radius 2 is 1.59 bits per heavy atom. The number of anilines is 1. The fourth-order valence-corrected chi connectivity index (χ4v) is 16.6. The van der Waals surface area contributed by atoms with Crippen LogP contribution in [-0.2, 0) is 17.7 Å². The molecule has 0 spiro atoms. The van der Waals surface area contributed by atoms with Crippen LogP contribution in [0.15, 0.2) is 12.7 Å². The van der Waals surface area contributed by atoms with Crippen LogP contribution in [0.1, 0.15) is 61.6 Å². The molecule has 0 bridgehead atoms. The molecule has 4 heterocycles. The highest BCUT2D eigenvalue weighted by atomic mass is 28.5. The van der Waals surface area contributed by atoms with Gasteiger partial charge in [-0.3, -0.25) is 4.57 Å². The molecule has 2 aliphatic rings. The molecule has 0 amide bonds. The molecular formula is C22H39N5O5Si2. The van der Waals surface area contributed by atoms with Gasteiger partial charge in [0.2, 0.25) is 0 Å². The molecule has 0 aromatic carbocycles. The summed E-state index contributed by atoms with van der Waals surface area (Å²) in [6.07, 6.45) is 0.225. The van der Waals surface area contributed by atoms with Crippen LogP contribution in [0.25, 0.3) is 11.2 Å². The molecule has 0 saturated carbocycles. The number of nitrogens with two attached hydrogens (primary N) is 1. The molecule has 4 rings (SSSR count). The molecule has 0 unspecified atom stereocenters. The zero-order valence-corrected chi connectivity index (χ0v) is 23.4. The second-order valence-corrected chi connectivity index (χ2v) is 19.5. The predicted molar refractivity (Wildman–Crippen MR) is 133 cm³/mol. The van der Waals surface area contributed by atoms with Crippen molar-refractivity contribution in [1.82, 2.24) is 19.5 Å². The van der Waals surface area contributed by atoms with E-state index in [0.29, 0.717) is 17.8 Å². The van der Waals surface area contributed by atoms with Gasteiger partial charge in [-0.25, -0.2) is 15.0 Å². The fourth-order valence-electron chi connectivity index (χ4n) is 5.42. The van der Waals surface area contributed by atoms with E-state index in [1.54, 1.807) is 10.9 Å². The number of aliphatic hydroxyl groups excluding tert-OH is 1. The van der Waals surface area contributed by atoms with Crippen molar-refractivity contribution < 1.29 is 22.8 Å². The van der Waals surface area contributed by atoms with Crippen molar-refractivity contribution in [1.29, 1.82) is 0 Å². The first-order chi connectivity index (χ1) is 15.9. The van der Waals surface area contributed by atoms with Crippen molar-refractivity contribution in [2.45, 2.75) is 102 Å². The summed E-state index contributed by atoms with van der Waals surface area (Å²) in [7, 11) is -5.54. The summed E-state index contributed by atoms with van der Waals surface area (Å²) >= 11 is 0. The van der Waals surface area contributed by atoms with E-state index >= 15 is 0 Å². The van der Waals surface area contributed by atoms with Gasteiger partial charge < -0.3 is 28.5 Å².